The summed E-state index contributed by atoms with van der Waals surface area (Å²) in [6, 6.07) is 31.9. The first-order valence-electron chi connectivity index (χ1n) is 15.6. The molecule has 0 radical (unpaired) electrons. The van der Waals surface area contributed by atoms with Crippen molar-refractivity contribution in [3.8, 4) is 16.9 Å². The fourth-order valence-electron chi connectivity index (χ4n) is 5.85. The Morgan fingerprint density at radius 3 is 2.22 bits per heavy atom. The van der Waals surface area contributed by atoms with Gasteiger partial charge in [0.05, 0.1) is 12.7 Å². The van der Waals surface area contributed by atoms with Crippen molar-refractivity contribution in [3.05, 3.63) is 155 Å². The number of hydrogen-bond acceptors (Lipinski definition) is 4. The summed E-state index contributed by atoms with van der Waals surface area (Å²) in [6.45, 7) is 0.619. The molecule has 49 heavy (non-hydrogen) atoms. The number of hydrogen-bond donors (Lipinski definition) is 2. The third-order valence-electron chi connectivity index (χ3n) is 8.46. The van der Waals surface area contributed by atoms with E-state index < -0.39 is 23.7 Å². The molecular formula is C39H32F3N3O4. The molecule has 0 aliphatic carbocycles. The number of amides is 3. The first-order chi connectivity index (χ1) is 23.6. The van der Waals surface area contributed by atoms with E-state index in [0.29, 0.717) is 52.2 Å². The quantitative estimate of drug-likeness (QED) is 0.172. The molecule has 0 saturated carbocycles. The van der Waals surface area contributed by atoms with Gasteiger partial charge in [0.1, 0.15) is 11.8 Å². The van der Waals surface area contributed by atoms with Gasteiger partial charge in [-0.15, -0.1) is 0 Å². The first kappa shape index (κ1) is 33.0. The van der Waals surface area contributed by atoms with Gasteiger partial charge in [-0.05, 0) is 82.8 Å². The Hall–Kier alpha value is -5.90. The topological polar surface area (TPSA) is 87.7 Å². The number of carbonyl (C=O) groups is 3. The Morgan fingerprint density at radius 2 is 1.53 bits per heavy atom. The number of anilines is 1. The Morgan fingerprint density at radius 1 is 0.837 bits per heavy atom. The van der Waals surface area contributed by atoms with Gasteiger partial charge in [0.25, 0.3) is 11.8 Å². The molecular weight excluding hydrogens is 631 g/mol. The lowest BCUT2D eigenvalue weighted by molar-refractivity contribution is -0.137. The van der Waals surface area contributed by atoms with Crippen LogP contribution in [0.2, 0.25) is 0 Å². The molecule has 0 aromatic heterocycles. The molecule has 3 amide bonds. The van der Waals surface area contributed by atoms with Gasteiger partial charge in [0.2, 0.25) is 5.91 Å². The van der Waals surface area contributed by atoms with E-state index in [1.165, 1.54) is 12.1 Å². The number of rotatable bonds is 9. The van der Waals surface area contributed by atoms with E-state index in [9.17, 15) is 27.6 Å². The molecule has 7 nitrogen and oxygen atoms in total. The monoisotopic (exact) mass is 663 g/mol. The summed E-state index contributed by atoms with van der Waals surface area (Å²) >= 11 is 0. The molecule has 1 aliphatic heterocycles. The van der Waals surface area contributed by atoms with E-state index >= 15 is 0 Å². The average molecular weight is 664 g/mol. The Bertz CT molecular complexity index is 1980. The smallest absolute Gasteiger partial charge is 0.416 e. The zero-order valence-electron chi connectivity index (χ0n) is 26.5. The third kappa shape index (κ3) is 7.33. The number of fused-ring (bicyclic) bond motifs is 1. The summed E-state index contributed by atoms with van der Waals surface area (Å²) in [5.74, 6) is -0.424. The molecule has 248 valence electrons. The van der Waals surface area contributed by atoms with Crippen molar-refractivity contribution in [2.45, 2.75) is 25.2 Å². The Kier molecular flexibility index (Phi) is 9.48. The van der Waals surface area contributed by atoms with Crippen LogP contribution in [0.15, 0.2) is 121 Å². The molecule has 0 fully saturated rings. The summed E-state index contributed by atoms with van der Waals surface area (Å²) in [5, 5.41) is 5.78. The van der Waals surface area contributed by atoms with E-state index in [-0.39, 0.29) is 18.4 Å². The molecule has 5 aromatic carbocycles. The van der Waals surface area contributed by atoms with E-state index in [2.05, 4.69) is 10.6 Å². The Balaban J connectivity index is 1.18. The predicted octanol–water partition coefficient (Wildman–Crippen LogP) is 7.37. The highest BCUT2D eigenvalue weighted by molar-refractivity contribution is 6.11. The van der Waals surface area contributed by atoms with Gasteiger partial charge >= 0.3 is 6.18 Å². The maximum Gasteiger partial charge on any atom is 0.416 e. The minimum Gasteiger partial charge on any atom is -0.497 e. The average Bonchev–Trinajstić information content (AvgIpc) is 3.56. The van der Waals surface area contributed by atoms with Crippen molar-refractivity contribution in [1.29, 1.82) is 0 Å². The van der Waals surface area contributed by atoms with Gasteiger partial charge in [0.15, 0.2) is 0 Å². The van der Waals surface area contributed by atoms with Crippen molar-refractivity contribution in [2.75, 3.05) is 18.6 Å². The number of carbonyl (C=O) groups excluding carboxylic acids is 3. The number of methoxy groups -OCH3 is 1. The number of nitrogens with zero attached hydrogens (tertiary/aromatic N) is 1. The number of ether oxygens (including phenoxy) is 1. The zero-order valence-corrected chi connectivity index (χ0v) is 26.5. The highest BCUT2D eigenvalue weighted by Crippen LogP contribution is 2.35. The molecule has 6 rings (SSSR count). The van der Waals surface area contributed by atoms with E-state index in [4.69, 9.17) is 4.74 Å². The van der Waals surface area contributed by atoms with Crippen molar-refractivity contribution in [1.82, 2.24) is 10.6 Å². The number of benzene rings is 5. The van der Waals surface area contributed by atoms with Gasteiger partial charge in [0, 0.05) is 29.9 Å². The summed E-state index contributed by atoms with van der Waals surface area (Å²) in [7, 11) is 1.58. The molecule has 10 heteroatoms. The maximum atomic E-state index is 13.8. The van der Waals surface area contributed by atoms with Crippen LogP contribution in [-0.2, 0) is 23.9 Å². The molecule has 1 atom stereocenters. The second-order valence-corrected chi connectivity index (χ2v) is 11.6. The molecule has 5 aromatic rings. The van der Waals surface area contributed by atoms with Crippen molar-refractivity contribution >= 4 is 23.4 Å². The predicted molar refractivity (Wildman–Crippen MR) is 180 cm³/mol. The number of alkyl halides is 3. The fourth-order valence-corrected chi connectivity index (χ4v) is 5.85. The van der Waals surface area contributed by atoms with Crippen molar-refractivity contribution < 1.29 is 32.3 Å². The van der Waals surface area contributed by atoms with E-state index in [0.717, 1.165) is 23.3 Å². The maximum absolute atomic E-state index is 13.8. The van der Waals surface area contributed by atoms with Crippen LogP contribution in [0, 0.1) is 0 Å². The SMILES string of the molecule is COc1ccc(CNC(=O)C(NC(=O)c2ccc3c(c2)CCN3C(=O)c2ccccc2-c2ccc(C(F)(F)F)cc2)c2ccccc2)cc1. The minimum atomic E-state index is -4.46. The summed E-state index contributed by atoms with van der Waals surface area (Å²) in [5.41, 5.74) is 3.84. The normalized spacial score (nSPS) is 12.9. The standard InChI is InChI=1S/C39H32F3N3O4/c1-49-31-18-11-25(12-19-31)24-43-37(47)35(27-7-3-2-4-8-27)44-36(46)29-15-20-34-28(23-29)21-22-45(34)38(48)33-10-6-5-9-32(33)26-13-16-30(17-14-26)39(40,41)42/h2-20,23,35H,21-22,24H2,1H3,(H,43,47)(H,44,46). The van der Waals surface area contributed by atoms with E-state index in [1.807, 2.05) is 18.2 Å². The van der Waals surface area contributed by atoms with Gasteiger partial charge in [-0.2, -0.15) is 13.2 Å². The third-order valence-corrected chi connectivity index (χ3v) is 8.46. The van der Waals surface area contributed by atoms with Crippen molar-refractivity contribution in [3.63, 3.8) is 0 Å². The lowest BCUT2D eigenvalue weighted by Crippen LogP contribution is -2.40. The van der Waals surface area contributed by atoms with Crippen LogP contribution in [0.1, 0.15) is 49.0 Å². The molecule has 1 heterocycles. The van der Waals surface area contributed by atoms with Gasteiger partial charge in [-0.3, -0.25) is 14.4 Å². The number of nitrogens with one attached hydrogen (secondary N) is 2. The zero-order chi connectivity index (χ0) is 34.5. The van der Waals surface area contributed by atoms with Crippen LogP contribution in [0.25, 0.3) is 11.1 Å². The van der Waals surface area contributed by atoms with Crippen LogP contribution in [-0.4, -0.2) is 31.4 Å². The molecule has 0 spiro atoms. The van der Waals surface area contributed by atoms with Crippen LogP contribution < -0.4 is 20.3 Å². The fraction of sp³-hybridized carbons (Fsp3) is 0.154. The van der Waals surface area contributed by atoms with Gasteiger partial charge in [-0.1, -0.05) is 72.8 Å². The molecule has 0 bridgehead atoms. The van der Waals surface area contributed by atoms with E-state index in [1.54, 1.807) is 90.9 Å². The lowest BCUT2D eigenvalue weighted by atomic mass is 9.97. The molecule has 1 aliphatic rings. The highest BCUT2D eigenvalue weighted by Gasteiger charge is 2.31. The highest BCUT2D eigenvalue weighted by atomic mass is 19.4. The van der Waals surface area contributed by atoms with Crippen LogP contribution in [0.5, 0.6) is 5.75 Å². The summed E-state index contributed by atoms with van der Waals surface area (Å²) in [4.78, 5) is 42.4. The van der Waals surface area contributed by atoms with Crippen LogP contribution in [0.3, 0.4) is 0 Å². The van der Waals surface area contributed by atoms with Crippen molar-refractivity contribution in [2.24, 2.45) is 0 Å². The second kappa shape index (κ2) is 14.1. The summed E-state index contributed by atoms with van der Waals surface area (Å²) < 4.78 is 44.6. The molecule has 1 unspecified atom stereocenters. The molecule has 2 N–H and O–H groups in total. The largest absolute Gasteiger partial charge is 0.497 e. The first-order valence-corrected chi connectivity index (χ1v) is 15.6. The lowest BCUT2D eigenvalue weighted by Gasteiger charge is -2.21. The van der Waals surface area contributed by atoms with Gasteiger partial charge < -0.3 is 20.3 Å². The van der Waals surface area contributed by atoms with Gasteiger partial charge in [-0.25, -0.2) is 0 Å². The summed E-state index contributed by atoms with van der Waals surface area (Å²) in [6.07, 6.45) is -3.97. The number of halogens is 3. The Labute approximate surface area is 281 Å². The van der Waals surface area contributed by atoms with Crippen LogP contribution in [0.4, 0.5) is 18.9 Å². The molecule has 0 saturated heterocycles. The second-order valence-electron chi connectivity index (χ2n) is 11.6. The minimum absolute atomic E-state index is 0.257. The van der Waals surface area contributed by atoms with Crippen LogP contribution >= 0.6 is 0 Å².